The van der Waals surface area contributed by atoms with Gasteiger partial charge < -0.3 is 9.84 Å². The molecule has 0 bridgehead atoms. The summed E-state index contributed by atoms with van der Waals surface area (Å²) in [5.74, 6) is 0.342. The molecule has 0 spiro atoms. The van der Waals surface area contributed by atoms with Gasteiger partial charge in [0.2, 0.25) is 0 Å². The fourth-order valence-corrected chi connectivity index (χ4v) is 2.60. The molecule has 1 aromatic carbocycles. The number of ether oxygens (including phenoxy) is 1. The number of nitrogens with one attached hydrogen (secondary N) is 1. The minimum atomic E-state index is -1.05. The highest BCUT2D eigenvalue weighted by molar-refractivity contribution is 5.89. The van der Waals surface area contributed by atoms with Gasteiger partial charge in [-0.15, -0.1) is 0 Å². The standard InChI is InChI=1S/C19H26N2O3/c1-6-19(23,7-2)14-12-13-10-8-9-11-15(13)20-16(14)21-17(22)24-18(3,4)5/h8-12,23H,6-7H2,1-5H3,(H,20,21,22). The number of para-hydroxylation sites is 1. The van der Waals surface area contributed by atoms with Crippen molar-refractivity contribution in [3.05, 3.63) is 35.9 Å². The second-order valence-corrected chi connectivity index (χ2v) is 6.94. The molecule has 5 nitrogen and oxygen atoms in total. The maximum atomic E-state index is 12.2. The Morgan fingerprint density at radius 3 is 2.42 bits per heavy atom. The fraction of sp³-hybridized carbons (Fsp3) is 0.474. The zero-order valence-electron chi connectivity index (χ0n) is 15.0. The van der Waals surface area contributed by atoms with Crippen molar-refractivity contribution in [1.29, 1.82) is 0 Å². The molecule has 0 fully saturated rings. The number of hydrogen-bond donors (Lipinski definition) is 2. The Morgan fingerprint density at radius 1 is 1.21 bits per heavy atom. The van der Waals surface area contributed by atoms with E-state index in [1.165, 1.54) is 0 Å². The van der Waals surface area contributed by atoms with Crippen LogP contribution >= 0.6 is 0 Å². The number of aliphatic hydroxyl groups is 1. The Hall–Kier alpha value is -2.14. The summed E-state index contributed by atoms with van der Waals surface area (Å²) in [6.45, 7) is 9.23. The van der Waals surface area contributed by atoms with Crippen LogP contribution in [0.4, 0.5) is 10.6 Å². The Bertz CT molecular complexity index is 731. The quantitative estimate of drug-likeness (QED) is 0.860. The average Bonchev–Trinajstić information content (AvgIpc) is 2.51. The van der Waals surface area contributed by atoms with Gasteiger partial charge in [-0.3, -0.25) is 5.32 Å². The number of amides is 1. The number of anilines is 1. The van der Waals surface area contributed by atoms with Gasteiger partial charge in [0.05, 0.1) is 11.1 Å². The molecular formula is C19H26N2O3. The number of pyridine rings is 1. The predicted molar refractivity (Wildman–Crippen MR) is 96.1 cm³/mol. The lowest BCUT2D eigenvalue weighted by Crippen LogP contribution is -2.30. The highest BCUT2D eigenvalue weighted by atomic mass is 16.6. The molecular weight excluding hydrogens is 304 g/mol. The van der Waals surface area contributed by atoms with Gasteiger partial charge in [-0.1, -0.05) is 32.0 Å². The molecule has 2 rings (SSSR count). The van der Waals surface area contributed by atoms with Gasteiger partial charge in [0.1, 0.15) is 11.4 Å². The van der Waals surface area contributed by atoms with Crippen molar-refractivity contribution >= 4 is 22.8 Å². The fourth-order valence-electron chi connectivity index (χ4n) is 2.60. The molecule has 2 aromatic rings. The van der Waals surface area contributed by atoms with Crippen molar-refractivity contribution < 1.29 is 14.6 Å². The molecule has 24 heavy (non-hydrogen) atoms. The first-order valence-corrected chi connectivity index (χ1v) is 8.31. The molecule has 0 aliphatic rings. The summed E-state index contributed by atoms with van der Waals surface area (Å²) in [5.41, 5.74) is -0.298. The number of fused-ring (bicyclic) bond motifs is 1. The van der Waals surface area contributed by atoms with Crippen LogP contribution in [0.5, 0.6) is 0 Å². The van der Waals surface area contributed by atoms with Crippen LogP contribution in [-0.2, 0) is 10.3 Å². The summed E-state index contributed by atoms with van der Waals surface area (Å²) in [4.78, 5) is 16.7. The number of carbonyl (C=O) groups excluding carboxylic acids is 1. The molecule has 2 N–H and O–H groups in total. The molecule has 0 saturated carbocycles. The van der Waals surface area contributed by atoms with Crippen LogP contribution in [0.25, 0.3) is 10.9 Å². The van der Waals surface area contributed by atoms with E-state index in [2.05, 4.69) is 10.3 Å². The lowest BCUT2D eigenvalue weighted by molar-refractivity contribution is 0.0288. The number of hydrogen-bond acceptors (Lipinski definition) is 4. The zero-order valence-corrected chi connectivity index (χ0v) is 15.0. The van der Waals surface area contributed by atoms with Gasteiger partial charge in [0, 0.05) is 10.9 Å². The van der Waals surface area contributed by atoms with E-state index in [4.69, 9.17) is 4.74 Å². The predicted octanol–water partition coefficient (Wildman–Crippen LogP) is 4.59. The van der Waals surface area contributed by atoms with Crippen molar-refractivity contribution in [1.82, 2.24) is 4.98 Å². The molecule has 1 aromatic heterocycles. The molecule has 0 atom stereocenters. The van der Waals surface area contributed by atoms with Crippen LogP contribution in [0.2, 0.25) is 0 Å². The minimum absolute atomic E-state index is 0.342. The van der Waals surface area contributed by atoms with E-state index >= 15 is 0 Å². The maximum Gasteiger partial charge on any atom is 0.413 e. The number of carbonyl (C=O) groups is 1. The summed E-state index contributed by atoms with van der Waals surface area (Å²) in [7, 11) is 0. The van der Waals surface area contributed by atoms with Crippen molar-refractivity contribution in [3.63, 3.8) is 0 Å². The Labute approximate surface area is 143 Å². The highest BCUT2D eigenvalue weighted by Gasteiger charge is 2.30. The topological polar surface area (TPSA) is 71.5 Å². The van der Waals surface area contributed by atoms with E-state index < -0.39 is 17.3 Å². The Kier molecular flexibility index (Phi) is 5.13. The monoisotopic (exact) mass is 330 g/mol. The van der Waals surface area contributed by atoms with E-state index in [1.807, 2.05) is 44.2 Å². The van der Waals surface area contributed by atoms with E-state index in [0.717, 1.165) is 10.9 Å². The van der Waals surface area contributed by atoms with Gasteiger partial charge in [0.25, 0.3) is 0 Å². The first kappa shape index (κ1) is 18.2. The molecule has 0 saturated heterocycles. The lowest BCUT2D eigenvalue weighted by atomic mass is 9.88. The SMILES string of the molecule is CCC(O)(CC)c1cc2ccccc2nc1NC(=O)OC(C)(C)C. The third kappa shape index (κ3) is 4.03. The Balaban J connectivity index is 2.51. The van der Waals surface area contributed by atoms with E-state index in [0.29, 0.717) is 24.2 Å². The van der Waals surface area contributed by atoms with Gasteiger partial charge in [-0.25, -0.2) is 9.78 Å². The third-order valence-corrected chi connectivity index (χ3v) is 4.01. The van der Waals surface area contributed by atoms with Crippen molar-refractivity contribution in [2.75, 3.05) is 5.32 Å². The maximum absolute atomic E-state index is 12.2. The highest BCUT2D eigenvalue weighted by Crippen LogP contribution is 2.35. The summed E-state index contributed by atoms with van der Waals surface area (Å²) < 4.78 is 5.32. The first-order valence-electron chi connectivity index (χ1n) is 8.31. The van der Waals surface area contributed by atoms with Crippen LogP contribution in [0, 0.1) is 0 Å². The van der Waals surface area contributed by atoms with Crippen molar-refractivity contribution in [3.8, 4) is 0 Å². The normalized spacial score (nSPS) is 12.2. The molecule has 1 heterocycles. The summed E-state index contributed by atoms with van der Waals surface area (Å²) in [5, 5.41) is 14.6. The van der Waals surface area contributed by atoms with E-state index in [9.17, 15) is 9.90 Å². The number of rotatable bonds is 4. The second-order valence-electron chi connectivity index (χ2n) is 6.94. The molecule has 1 amide bonds. The van der Waals surface area contributed by atoms with Crippen molar-refractivity contribution in [2.24, 2.45) is 0 Å². The average molecular weight is 330 g/mol. The first-order chi connectivity index (χ1) is 11.2. The summed E-state index contributed by atoms with van der Waals surface area (Å²) in [6, 6.07) is 9.51. The summed E-state index contributed by atoms with van der Waals surface area (Å²) in [6.07, 6.45) is 0.458. The smallest absolute Gasteiger partial charge is 0.413 e. The van der Waals surface area contributed by atoms with E-state index in [1.54, 1.807) is 20.8 Å². The molecule has 5 heteroatoms. The molecule has 0 aliphatic heterocycles. The molecule has 130 valence electrons. The number of nitrogens with zero attached hydrogens (tertiary/aromatic N) is 1. The Morgan fingerprint density at radius 2 is 1.83 bits per heavy atom. The number of benzene rings is 1. The molecule has 0 aliphatic carbocycles. The summed E-state index contributed by atoms with van der Waals surface area (Å²) >= 11 is 0. The van der Waals surface area contributed by atoms with Crippen LogP contribution in [0.3, 0.4) is 0 Å². The third-order valence-electron chi connectivity index (χ3n) is 4.01. The minimum Gasteiger partial charge on any atom is -0.444 e. The molecule has 0 unspecified atom stereocenters. The van der Waals surface area contributed by atoms with Gasteiger partial charge in [0.15, 0.2) is 0 Å². The van der Waals surface area contributed by atoms with E-state index in [-0.39, 0.29) is 0 Å². The zero-order chi connectivity index (χ0) is 18.0. The van der Waals surface area contributed by atoms with Crippen LogP contribution in [0.15, 0.2) is 30.3 Å². The van der Waals surface area contributed by atoms with Gasteiger partial charge in [-0.05, 0) is 45.7 Å². The van der Waals surface area contributed by atoms with Gasteiger partial charge >= 0.3 is 6.09 Å². The van der Waals surface area contributed by atoms with Crippen LogP contribution in [0.1, 0.15) is 53.0 Å². The largest absolute Gasteiger partial charge is 0.444 e. The van der Waals surface area contributed by atoms with Crippen LogP contribution in [-0.4, -0.2) is 21.8 Å². The van der Waals surface area contributed by atoms with Crippen LogP contribution < -0.4 is 5.32 Å². The number of aromatic nitrogens is 1. The van der Waals surface area contributed by atoms with Gasteiger partial charge in [-0.2, -0.15) is 0 Å². The van der Waals surface area contributed by atoms with Crippen molar-refractivity contribution in [2.45, 2.75) is 58.7 Å². The molecule has 0 radical (unpaired) electrons. The second kappa shape index (κ2) is 6.77. The lowest BCUT2D eigenvalue weighted by Gasteiger charge is -2.28.